The molecular formula is C2H11N2O2PS. The van der Waals surface area contributed by atoms with Crippen molar-refractivity contribution in [2.75, 3.05) is 13.4 Å². The maximum Gasteiger partial charge on any atom is 0.323 e. The molecule has 6 heteroatoms. The third kappa shape index (κ3) is 4.61. The summed E-state index contributed by atoms with van der Waals surface area (Å²) in [5, 5.41) is 0. The van der Waals surface area contributed by atoms with Crippen LogP contribution >= 0.6 is 18.1 Å². The molecule has 0 aromatic heterocycles. The number of nitrogens with two attached hydrogens (primary N) is 1. The Labute approximate surface area is 53.0 Å². The van der Waals surface area contributed by atoms with E-state index in [1.54, 1.807) is 6.26 Å². The zero-order chi connectivity index (χ0) is 5.91. The molecule has 0 fully saturated rings. The maximum atomic E-state index is 10.5. The smallest absolute Gasteiger partial charge is 0.323 e. The van der Waals surface area contributed by atoms with Crippen LogP contribution in [0.1, 0.15) is 0 Å². The molecule has 52 valence electrons. The minimum Gasteiger partial charge on any atom is -0.344 e. The van der Waals surface area contributed by atoms with E-state index in [2.05, 4.69) is 4.52 Å². The van der Waals surface area contributed by atoms with E-state index < -0.39 is 6.72 Å². The average molecular weight is 158 g/mol. The van der Waals surface area contributed by atoms with Gasteiger partial charge in [0.25, 0.3) is 0 Å². The van der Waals surface area contributed by atoms with E-state index >= 15 is 0 Å². The molecule has 0 aliphatic carbocycles. The number of rotatable bonds is 2. The van der Waals surface area contributed by atoms with E-state index in [-0.39, 0.29) is 6.15 Å². The van der Waals surface area contributed by atoms with E-state index in [0.29, 0.717) is 0 Å². The summed E-state index contributed by atoms with van der Waals surface area (Å²) >= 11 is 1.04. The topological polar surface area (TPSA) is 87.3 Å². The van der Waals surface area contributed by atoms with Crippen molar-refractivity contribution in [3.63, 3.8) is 0 Å². The molecule has 0 aromatic carbocycles. The molecule has 0 aliphatic rings. The maximum absolute atomic E-state index is 10.5. The number of hydrogen-bond acceptors (Lipinski definition) is 4. The van der Waals surface area contributed by atoms with Gasteiger partial charge in [-0.3, -0.25) is 10.1 Å². The van der Waals surface area contributed by atoms with Crippen molar-refractivity contribution in [3.05, 3.63) is 0 Å². The molecule has 0 aromatic rings. The Morgan fingerprint density at radius 1 is 1.75 bits per heavy atom. The largest absolute Gasteiger partial charge is 0.344 e. The van der Waals surface area contributed by atoms with E-state index in [9.17, 15) is 4.57 Å². The van der Waals surface area contributed by atoms with E-state index in [0.717, 1.165) is 11.4 Å². The van der Waals surface area contributed by atoms with E-state index in [4.69, 9.17) is 5.50 Å². The Kier molecular flexibility index (Phi) is 6.13. The lowest BCUT2D eigenvalue weighted by Gasteiger charge is -2.02. The lowest BCUT2D eigenvalue weighted by Crippen LogP contribution is -1.89. The van der Waals surface area contributed by atoms with Gasteiger partial charge in [0.2, 0.25) is 0 Å². The molecule has 0 rings (SSSR count). The van der Waals surface area contributed by atoms with Crippen LogP contribution in [0, 0.1) is 0 Å². The van der Waals surface area contributed by atoms with Gasteiger partial charge in [0.05, 0.1) is 0 Å². The Morgan fingerprint density at radius 2 is 2.12 bits per heavy atom. The van der Waals surface area contributed by atoms with Crippen molar-refractivity contribution < 1.29 is 9.09 Å². The Bertz CT molecular complexity index is 90.0. The molecular weight excluding hydrogens is 147 g/mol. The Hall–Kier alpha value is 0.460. The normalized spacial score (nSPS) is 16.4. The predicted molar refractivity (Wildman–Crippen MR) is 37.3 cm³/mol. The lowest BCUT2D eigenvalue weighted by atomic mass is 11.8. The number of hydrogen-bond donors (Lipinski definition) is 2. The average Bonchev–Trinajstić information content (AvgIpc) is 1.68. The van der Waals surface area contributed by atoms with Crippen LogP contribution in [0.25, 0.3) is 0 Å². The monoisotopic (exact) mass is 158 g/mol. The van der Waals surface area contributed by atoms with Gasteiger partial charge in [0.15, 0.2) is 0 Å². The van der Waals surface area contributed by atoms with Gasteiger partial charge in [0, 0.05) is 7.11 Å². The highest BCUT2D eigenvalue weighted by Gasteiger charge is 2.09. The van der Waals surface area contributed by atoms with Crippen LogP contribution in [0.3, 0.4) is 0 Å². The fourth-order valence-electron chi connectivity index (χ4n) is 0.0745. The van der Waals surface area contributed by atoms with Gasteiger partial charge < -0.3 is 10.7 Å². The van der Waals surface area contributed by atoms with Gasteiger partial charge in [-0.05, 0) is 6.26 Å². The summed E-state index contributed by atoms with van der Waals surface area (Å²) in [5.41, 5.74) is 5.01. The minimum absolute atomic E-state index is 0. The SMILES string of the molecule is COP(N)(=O)SC.N. The highest BCUT2D eigenvalue weighted by Crippen LogP contribution is 2.48. The second-order valence-corrected chi connectivity index (χ2v) is 5.34. The standard InChI is InChI=1S/C2H8NO2PS.H3N/c1-5-6(3,4)7-2;/h1-2H3,(H2,3,4);1H3. The van der Waals surface area contributed by atoms with Crippen molar-refractivity contribution in [3.8, 4) is 0 Å². The lowest BCUT2D eigenvalue weighted by molar-refractivity contribution is 0.410. The fraction of sp³-hybridized carbons (Fsp3) is 1.00. The molecule has 0 heterocycles. The molecule has 0 spiro atoms. The van der Waals surface area contributed by atoms with Crippen molar-refractivity contribution in [1.29, 1.82) is 0 Å². The molecule has 8 heavy (non-hydrogen) atoms. The van der Waals surface area contributed by atoms with Gasteiger partial charge in [0.1, 0.15) is 0 Å². The second-order valence-electron chi connectivity index (χ2n) is 0.905. The zero-order valence-corrected chi connectivity index (χ0v) is 6.67. The predicted octanol–water partition coefficient (Wildman–Crippen LogP) is 1.22. The van der Waals surface area contributed by atoms with Crippen LogP contribution in [-0.4, -0.2) is 13.4 Å². The summed E-state index contributed by atoms with van der Waals surface area (Å²) in [6.07, 6.45) is 1.64. The third-order valence-corrected chi connectivity index (χ3v) is 3.50. The first-order valence-electron chi connectivity index (χ1n) is 1.62. The van der Waals surface area contributed by atoms with Gasteiger partial charge in [-0.25, -0.2) is 0 Å². The molecule has 1 unspecified atom stereocenters. The zero-order valence-electron chi connectivity index (χ0n) is 4.96. The van der Waals surface area contributed by atoms with Crippen LogP contribution in [0.4, 0.5) is 0 Å². The van der Waals surface area contributed by atoms with Gasteiger partial charge in [-0.15, -0.1) is 0 Å². The van der Waals surface area contributed by atoms with Crippen molar-refractivity contribution in [2.45, 2.75) is 0 Å². The summed E-state index contributed by atoms with van der Waals surface area (Å²) in [6.45, 7) is -2.74. The van der Waals surface area contributed by atoms with Crippen LogP contribution in [0.2, 0.25) is 0 Å². The molecule has 0 amide bonds. The first kappa shape index (κ1) is 11.3. The molecule has 0 saturated carbocycles. The van der Waals surface area contributed by atoms with Gasteiger partial charge in [-0.2, -0.15) is 0 Å². The molecule has 4 nitrogen and oxygen atoms in total. The third-order valence-electron chi connectivity index (χ3n) is 0.509. The summed E-state index contributed by atoms with van der Waals surface area (Å²) < 4.78 is 14.9. The van der Waals surface area contributed by atoms with Crippen LogP contribution < -0.4 is 11.7 Å². The van der Waals surface area contributed by atoms with E-state index in [1.165, 1.54) is 7.11 Å². The first-order chi connectivity index (χ1) is 3.12. The van der Waals surface area contributed by atoms with Crippen molar-refractivity contribution in [1.82, 2.24) is 6.15 Å². The molecule has 0 aliphatic heterocycles. The van der Waals surface area contributed by atoms with Gasteiger partial charge >= 0.3 is 6.72 Å². The summed E-state index contributed by atoms with van der Waals surface area (Å²) in [7, 11) is 1.33. The second kappa shape index (κ2) is 4.35. The summed E-state index contributed by atoms with van der Waals surface area (Å²) in [6, 6.07) is 0. The van der Waals surface area contributed by atoms with Gasteiger partial charge in [-0.1, -0.05) is 11.4 Å². The summed E-state index contributed by atoms with van der Waals surface area (Å²) in [4.78, 5) is 0. The molecule has 0 bridgehead atoms. The molecule has 5 N–H and O–H groups in total. The summed E-state index contributed by atoms with van der Waals surface area (Å²) in [5.74, 6) is 0. The molecule has 0 saturated heterocycles. The first-order valence-corrected chi connectivity index (χ1v) is 5.15. The van der Waals surface area contributed by atoms with Crippen molar-refractivity contribution in [2.24, 2.45) is 5.50 Å². The van der Waals surface area contributed by atoms with Crippen LogP contribution in [0.15, 0.2) is 0 Å². The van der Waals surface area contributed by atoms with Crippen molar-refractivity contribution >= 4 is 18.1 Å². The highest BCUT2D eigenvalue weighted by atomic mass is 32.7. The highest BCUT2D eigenvalue weighted by molar-refractivity contribution is 8.55. The fourth-order valence-corrected chi connectivity index (χ4v) is 0.671. The minimum atomic E-state index is -2.74. The molecule has 1 atom stereocenters. The van der Waals surface area contributed by atoms with E-state index in [1.807, 2.05) is 0 Å². The molecule has 0 radical (unpaired) electrons. The Morgan fingerprint density at radius 3 is 2.12 bits per heavy atom. The van der Waals surface area contributed by atoms with Crippen LogP contribution in [-0.2, 0) is 9.09 Å². The quantitative estimate of drug-likeness (QED) is 0.590. The van der Waals surface area contributed by atoms with Crippen LogP contribution in [0.5, 0.6) is 0 Å². The Balaban J connectivity index is 0.